The summed E-state index contributed by atoms with van der Waals surface area (Å²) in [5.74, 6) is 1.05. The summed E-state index contributed by atoms with van der Waals surface area (Å²) in [7, 11) is 2.06. The largest absolute Gasteiger partial charge is 0.453 e. The molecule has 0 radical (unpaired) electrons. The molecule has 0 saturated carbocycles. The van der Waals surface area contributed by atoms with Gasteiger partial charge in [0.15, 0.2) is 4.67 Å². The molecule has 1 atom stereocenters. The van der Waals surface area contributed by atoms with Crippen LogP contribution in [0.4, 0.5) is 0 Å². The van der Waals surface area contributed by atoms with E-state index in [4.69, 9.17) is 4.42 Å². The van der Waals surface area contributed by atoms with Gasteiger partial charge in [0, 0.05) is 18.6 Å². The van der Waals surface area contributed by atoms with Crippen molar-refractivity contribution in [1.82, 2.24) is 10.2 Å². The first-order valence-corrected chi connectivity index (χ1v) is 7.01. The zero-order valence-electron chi connectivity index (χ0n) is 10.8. The quantitative estimate of drug-likeness (QED) is 0.929. The molecule has 0 bridgehead atoms. The number of hydrogen-bond donors (Lipinski definition) is 1. The van der Waals surface area contributed by atoms with E-state index in [-0.39, 0.29) is 0 Å². The van der Waals surface area contributed by atoms with Crippen LogP contribution in [0.5, 0.6) is 0 Å². The van der Waals surface area contributed by atoms with E-state index >= 15 is 0 Å². The summed E-state index contributed by atoms with van der Waals surface area (Å²) in [5, 5.41) is 3.43. The molecule has 1 fully saturated rings. The first-order valence-electron chi connectivity index (χ1n) is 6.22. The van der Waals surface area contributed by atoms with Gasteiger partial charge in [0.1, 0.15) is 5.76 Å². The van der Waals surface area contributed by atoms with Crippen LogP contribution < -0.4 is 5.32 Å². The maximum Gasteiger partial charge on any atom is 0.169 e. The van der Waals surface area contributed by atoms with Crippen molar-refractivity contribution in [3.63, 3.8) is 0 Å². The number of piperidine rings is 1. The fraction of sp³-hybridized carbons (Fsp3) is 0.692. The molecule has 0 aliphatic carbocycles. The Kier molecular flexibility index (Phi) is 3.95. The Morgan fingerprint density at radius 3 is 2.53 bits per heavy atom. The second-order valence-electron chi connectivity index (χ2n) is 5.16. The van der Waals surface area contributed by atoms with Crippen molar-refractivity contribution in [3.8, 4) is 0 Å². The Morgan fingerprint density at radius 1 is 1.41 bits per heavy atom. The van der Waals surface area contributed by atoms with E-state index in [2.05, 4.69) is 53.1 Å². The molecule has 1 unspecified atom stereocenters. The number of furan rings is 1. The van der Waals surface area contributed by atoms with Crippen molar-refractivity contribution in [3.05, 3.63) is 22.6 Å². The molecule has 0 aromatic carbocycles. The molecule has 2 heterocycles. The lowest BCUT2D eigenvalue weighted by molar-refractivity contribution is 0.106. The number of halogens is 1. The molecular formula is C13H21BrN2O. The third kappa shape index (κ3) is 2.92. The number of nitrogens with zero attached hydrogens (tertiary/aromatic N) is 1. The van der Waals surface area contributed by atoms with Crippen LogP contribution in [-0.2, 0) is 0 Å². The van der Waals surface area contributed by atoms with Crippen LogP contribution >= 0.6 is 15.9 Å². The third-order valence-corrected chi connectivity index (χ3v) is 4.48. The summed E-state index contributed by atoms with van der Waals surface area (Å²) < 4.78 is 6.45. The molecule has 1 saturated heterocycles. The highest BCUT2D eigenvalue weighted by atomic mass is 79.9. The average molecular weight is 301 g/mol. The minimum Gasteiger partial charge on any atom is -0.453 e. The molecular weight excluding hydrogens is 280 g/mol. The molecule has 3 nitrogen and oxygen atoms in total. The highest BCUT2D eigenvalue weighted by Gasteiger charge is 2.31. The van der Waals surface area contributed by atoms with Crippen molar-refractivity contribution < 1.29 is 4.42 Å². The number of nitrogens with one attached hydrogen (secondary N) is 1. The van der Waals surface area contributed by atoms with Gasteiger partial charge in [-0.05, 0) is 61.8 Å². The lowest BCUT2D eigenvalue weighted by Gasteiger charge is -2.41. The van der Waals surface area contributed by atoms with Gasteiger partial charge in [0.2, 0.25) is 0 Å². The van der Waals surface area contributed by atoms with Gasteiger partial charge in [-0.15, -0.1) is 0 Å². The fourth-order valence-corrected chi connectivity index (χ4v) is 2.71. The first kappa shape index (κ1) is 13.1. The van der Waals surface area contributed by atoms with Gasteiger partial charge in [-0.1, -0.05) is 0 Å². The Balaban J connectivity index is 1.97. The molecule has 1 aromatic heterocycles. The molecule has 0 spiro atoms. The second kappa shape index (κ2) is 5.12. The fourth-order valence-electron chi connectivity index (χ4n) is 2.39. The minimum atomic E-state index is 0.306. The van der Waals surface area contributed by atoms with Crippen molar-refractivity contribution in [2.24, 2.45) is 0 Å². The molecule has 1 N–H and O–H groups in total. The summed E-state index contributed by atoms with van der Waals surface area (Å²) in [6.45, 7) is 6.76. The van der Waals surface area contributed by atoms with Crippen LogP contribution in [0.3, 0.4) is 0 Å². The Bertz CT molecular complexity index is 369. The lowest BCUT2D eigenvalue weighted by Crippen LogP contribution is -2.50. The third-order valence-electron chi connectivity index (χ3n) is 4.06. The predicted molar refractivity (Wildman–Crippen MR) is 73.1 cm³/mol. The van der Waals surface area contributed by atoms with Gasteiger partial charge in [-0.2, -0.15) is 0 Å². The van der Waals surface area contributed by atoms with Crippen LogP contribution in [0.1, 0.15) is 38.5 Å². The summed E-state index contributed by atoms with van der Waals surface area (Å²) >= 11 is 3.36. The van der Waals surface area contributed by atoms with Gasteiger partial charge in [0.05, 0.1) is 6.04 Å². The zero-order valence-corrected chi connectivity index (χ0v) is 12.4. The van der Waals surface area contributed by atoms with Gasteiger partial charge < -0.3 is 9.73 Å². The Morgan fingerprint density at radius 2 is 2.06 bits per heavy atom. The molecule has 2 rings (SSSR count). The maximum atomic E-state index is 5.64. The van der Waals surface area contributed by atoms with Crippen LogP contribution in [0, 0.1) is 0 Å². The van der Waals surface area contributed by atoms with Gasteiger partial charge in [0.25, 0.3) is 0 Å². The molecule has 1 aromatic rings. The maximum absolute atomic E-state index is 5.64. The van der Waals surface area contributed by atoms with E-state index in [1.807, 2.05) is 6.07 Å². The van der Waals surface area contributed by atoms with Crippen LogP contribution in [0.15, 0.2) is 21.2 Å². The molecule has 4 heteroatoms. The van der Waals surface area contributed by atoms with Crippen LogP contribution in [-0.4, -0.2) is 30.6 Å². The second-order valence-corrected chi connectivity index (χ2v) is 5.95. The SMILES string of the molecule is CNC1(C)CCN(C(C)c2ccc(Br)o2)CC1. The van der Waals surface area contributed by atoms with Crippen LogP contribution in [0.2, 0.25) is 0 Å². The molecule has 96 valence electrons. The smallest absolute Gasteiger partial charge is 0.169 e. The molecule has 0 amide bonds. The van der Waals surface area contributed by atoms with E-state index in [1.165, 1.54) is 12.8 Å². The zero-order chi connectivity index (χ0) is 12.5. The van der Waals surface area contributed by atoms with E-state index < -0.39 is 0 Å². The first-order chi connectivity index (χ1) is 8.04. The van der Waals surface area contributed by atoms with E-state index in [1.54, 1.807) is 0 Å². The van der Waals surface area contributed by atoms with Crippen LogP contribution in [0.25, 0.3) is 0 Å². The van der Waals surface area contributed by atoms with E-state index in [0.717, 1.165) is 23.5 Å². The van der Waals surface area contributed by atoms with Gasteiger partial charge in [-0.25, -0.2) is 0 Å². The van der Waals surface area contributed by atoms with E-state index in [0.29, 0.717) is 11.6 Å². The monoisotopic (exact) mass is 300 g/mol. The van der Waals surface area contributed by atoms with E-state index in [9.17, 15) is 0 Å². The molecule has 1 aliphatic rings. The number of hydrogen-bond acceptors (Lipinski definition) is 3. The highest BCUT2D eigenvalue weighted by Crippen LogP contribution is 2.30. The molecule has 1 aliphatic heterocycles. The predicted octanol–water partition coefficient (Wildman–Crippen LogP) is 3.18. The van der Waals surface area contributed by atoms with Crippen molar-refractivity contribution in [1.29, 1.82) is 0 Å². The number of rotatable bonds is 3. The average Bonchev–Trinajstić information content (AvgIpc) is 2.76. The Hall–Kier alpha value is -0.320. The standard InChI is InChI=1S/C13H21BrN2O/c1-10(11-4-5-12(14)17-11)16-8-6-13(2,15-3)7-9-16/h4-5,10,15H,6-9H2,1-3H3. The molecule has 17 heavy (non-hydrogen) atoms. The summed E-state index contributed by atoms with van der Waals surface area (Å²) in [6.07, 6.45) is 2.38. The van der Waals surface area contributed by atoms with Crippen molar-refractivity contribution >= 4 is 15.9 Å². The highest BCUT2D eigenvalue weighted by molar-refractivity contribution is 9.10. The summed E-state index contributed by atoms with van der Waals surface area (Å²) in [4.78, 5) is 2.49. The topological polar surface area (TPSA) is 28.4 Å². The Labute approximate surface area is 112 Å². The minimum absolute atomic E-state index is 0.306. The lowest BCUT2D eigenvalue weighted by atomic mass is 9.89. The normalized spacial score (nSPS) is 22.6. The summed E-state index contributed by atoms with van der Waals surface area (Å²) in [5.41, 5.74) is 0.306. The van der Waals surface area contributed by atoms with Gasteiger partial charge >= 0.3 is 0 Å². The summed E-state index contributed by atoms with van der Waals surface area (Å²) in [6, 6.07) is 4.39. The van der Waals surface area contributed by atoms with Crippen molar-refractivity contribution in [2.45, 2.75) is 38.3 Å². The number of likely N-dealkylation sites (tertiary alicyclic amines) is 1. The van der Waals surface area contributed by atoms with Gasteiger partial charge in [-0.3, -0.25) is 4.90 Å². The van der Waals surface area contributed by atoms with Crippen molar-refractivity contribution in [2.75, 3.05) is 20.1 Å².